The highest BCUT2D eigenvalue weighted by Crippen LogP contribution is 2.44. The first kappa shape index (κ1) is 12.5. The Hall–Kier alpha value is -1.49. The second kappa shape index (κ2) is 4.89. The molecule has 0 aliphatic heterocycles. The number of nitrogens with one attached hydrogen (secondary N) is 1. The van der Waals surface area contributed by atoms with Gasteiger partial charge in [0.15, 0.2) is 5.82 Å². The van der Waals surface area contributed by atoms with Gasteiger partial charge in [0.1, 0.15) is 11.6 Å². The number of aromatic nitrogens is 2. The predicted molar refractivity (Wildman–Crippen MR) is 76.6 cm³/mol. The molecule has 0 spiro atoms. The molecule has 1 fully saturated rings. The second-order valence-corrected chi connectivity index (χ2v) is 5.42. The van der Waals surface area contributed by atoms with Crippen molar-refractivity contribution in [2.75, 3.05) is 12.4 Å². The van der Waals surface area contributed by atoms with Gasteiger partial charge in [0.2, 0.25) is 0 Å². The average molecular weight is 322 g/mol. The van der Waals surface area contributed by atoms with E-state index < -0.39 is 0 Å². The average Bonchev–Trinajstić information content (AvgIpc) is 3.23. The number of nitrogens with zero attached hydrogens (tertiary/aromatic N) is 2. The Balaban J connectivity index is 2.13. The summed E-state index contributed by atoms with van der Waals surface area (Å²) in [6.07, 6.45) is 2.31. The van der Waals surface area contributed by atoms with E-state index in [9.17, 15) is 4.39 Å². The third kappa shape index (κ3) is 2.47. The Labute approximate surface area is 119 Å². The molecule has 1 N–H and O–H groups in total. The van der Waals surface area contributed by atoms with Crippen LogP contribution < -0.4 is 5.32 Å². The Morgan fingerprint density at radius 2 is 2.11 bits per heavy atom. The summed E-state index contributed by atoms with van der Waals surface area (Å²) < 4.78 is 14.2. The van der Waals surface area contributed by atoms with Crippen LogP contribution in [0.3, 0.4) is 0 Å². The molecule has 1 aliphatic rings. The SMILES string of the molecule is CNc1nc(-c2cccc(F)c2)nc(C2CC2)c1Br. The van der Waals surface area contributed by atoms with Gasteiger partial charge in [-0.2, -0.15) is 0 Å². The summed E-state index contributed by atoms with van der Waals surface area (Å²) in [7, 11) is 1.82. The molecular formula is C14H13BrFN3. The van der Waals surface area contributed by atoms with E-state index in [-0.39, 0.29) is 5.82 Å². The fourth-order valence-electron chi connectivity index (χ4n) is 2.01. The quantitative estimate of drug-likeness (QED) is 0.929. The molecule has 0 atom stereocenters. The van der Waals surface area contributed by atoms with Crippen molar-refractivity contribution in [2.24, 2.45) is 0 Å². The monoisotopic (exact) mass is 321 g/mol. The maximum absolute atomic E-state index is 13.3. The summed E-state index contributed by atoms with van der Waals surface area (Å²) in [6, 6.07) is 6.37. The summed E-state index contributed by atoms with van der Waals surface area (Å²) in [5.74, 6) is 1.53. The van der Waals surface area contributed by atoms with Crippen LogP contribution in [-0.4, -0.2) is 17.0 Å². The molecule has 5 heteroatoms. The van der Waals surface area contributed by atoms with Crippen LogP contribution in [0.25, 0.3) is 11.4 Å². The van der Waals surface area contributed by atoms with Gasteiger partial charge in [-0.1, -0.05) is 12.1 Å². The van der Waals surface area contributed by atoms with Crippen molar-refractivity contribution in [3.05, 3.63) is 40.2 Å². The van der Waals surface area contributed by atoms with E-state index in [0.717, 1.165) is 28.8 Å². The van der Waals surface area contributed by atoms with Crippen molar-refractivity contribution in [1.82, 2.24) is 9.97 Å². The van der Waals surface area contributed by atoms with Crippen molar-refractivity contribution in [3.63, 3.8) is 0 Å². The molecule has 19 heavy (non-hydrogen) atoms. The van der Waals surface area contributed by atoms with E-state index in [0.29, 0.717) is 17.3 Å². The molecule has 1 aliphatic carbocycles. The smallest absolute Gasteiger partial charge is 0.161 e. The van der Waals surface area contributed by atoms with E-state index in [4.69, 9.17) is 0 Å². The first-order valence-electron chi connectivity index (χ1n) is 6.20. The summed E-state index contributed by atoms with van der Waals surface area (Å²) in [6.45, 7) is 0. The Kier molecular flexibility index (Phi) is 3.22. The molecule has 3 rings (SSSR count). The van der Waals surface area contributed by atoms with Gasteiger partial charge in [0.25, 0.3) is 0 Å². The molecule has 2 aromatic rings. The van der Waals surface area contributed by atoms with Crippen LogP contribution in [0.5, 0.6) is 0 Å². The summed E-state index contributed by atoms with van der Waals surface area (Å²) >= 11 is 3.54. The van der Waals surface area contributed by atoms with Crippen molar-refractivity contribution >= 4 is 21.7 Å². The van der Waals surface area contributed by atoms with Crippen molar-refractivity contribution in [1.29, 1.82) is 0 Å². The van der Waals surface area contributed by atoms with Crippen LogP contribution in [-0.2, 0) is 0 Å². The molecule has 0 unspecified atom stereocenters. The van der Waals surface area contributed by atoms with E-state index in [1.54, 1.807) is 6.07 Å². The Morgan fingerprint density at radius 3 is 2.74 bits per heavy atom. The molecule has 98 valence electrons. The highest BCUT2D eigenvalue weighted by molar-refractivity contribution is 9.10. The zero-order valence-corrected chi connectivity index (χ0v) is 12.0. The predicted octanol–water partition coefficient (Wildman–Crippen LogP) is 3.96. The van der Waals surface area contributed by atoms with Gasteiger partial charge in [-0.15, -0.1) is 0 Å². The molecule has 1 heterocycles. The zero-order chi connectivity index (χ0) is 13.4. The number of hydrogen-bond acceptors (Lipinski definition) is 3. The van der Waals surface area contributed by atoms with E-state index >= 15 is 0 Å². The first-order chi connectivity index (χ1) is 9.19. The van der Waals surface area contributed by atoms with Gasteiger partial charge >= 0.3 is 0 Å². The molecule has 0 bridgehead atoms. The van der Waals surface area contributed by atoms with Gasteiger partial charge in [-0.25, -0.2) is 14.4 Å². The number of rotatable bonds is 3. The highest BCUT2D eigenvalue weighted by atomic mass is 79.9. The third-order valence-corrected chi connectivity index (χ3v) is 3.94. The zero-order valence-electron chi connectivity index (χ0n) is 10.5. The van der Waals surface area contributed by atoms with Crippen LogP contribution in [0, 0.1) is 5.82 Å². The molecule has 0 amide bonds. The minimum atomic E-state index is -0.275. The lowest BCUT2D eigenvalue weighted by Crippen LogP contribution is -2.02. The van der Waals surface area contributed by atoms with Gasteiger partial charge in [-0.3, -0.25) is 0 Å². The summed E-state index contributed by atoms with van der Waals surface area (Å²) in [5, 5.41) is 3.05. The van der Waals surface area contributed by atoms with Crippen LogP contribution in [0.2, 0.25) is 0 Å². The lowest BCUT2D eigenvalue weighted by atomic mass is 10.2. The lowest BCUT2D eigenvalue weighted by molar-refractivity contribution is 0.628. The first-order valence-corrected chi connectivity index (χ1v) is 6.99. The molecule has 1 aromatic carbocycles. The topological polar surface area (TPSA) is 37.8 Å². The minimum Gasteiger partial charge on any atom is -0.372 e. The molecule has 3 nitrogen and oxygen atoms in total. The van der Waals surface area contributed by atoms with Crippen LogP contribution in [0.15, 0.2) is 28.7 Å². The van der Waals surface area contributed by atoms with Gasteiger partial charge in [0, 0.05) is 18.5 Å². The Morgan fingerprint density at radius 1 is 1.32 bits per heavy atom. The molecule has 0 radical (unpaired) electrons. The molecular weight excluding hydrogens is 309 g/mol. The van der Waals surface area contributed by atoms with Gasteiger partial charge in [0.05, 0.1) is 10.2 Å². The third-order valence-electron chi connectivity index (χ3n) is 3.16. The van der Waals surface area contributed by atoms with Crippen LogP contribution in [0.1, 0.15) is 24.5 Å². The highest BCUT2D eigenvalue weighted by Gasteiger charge is 2.29. The second-order valence-electron chi connectivity index (χ2n) is 4.63. The number of benzene rings is 1. The largest absolute Gasteiger partial charge is 0.372 e. The van der Waals surface area contributed by atoms with Crippen molar-refractivity contribution < 1.29 is 4.39 Å². The number of halogens is 2. The normalized spacial score (nSPS) is 14.5. The maximum atomic E-state index is 13.3. The van der Waals surface area contributed by atoms with E-state index in [1.165, 1.54) is 12.1 Å². The lowest BCUT2D eigenvalue weighted by Gasteiger charge is -2.10. The standard InChI is InChI=1S/C14H13BrFN3/c1-17-14-11(15)12(8-5-6-8)18-13(19-14)9-3-2-4-10(16)7-9/h2-4,7-8H,5-6H2,1H3,(H,17,18,19). The van der Waals surface area contributed by atoms with Crippen LogP contribution in [0.4, 0.5) is 10.2 Å². The molecule has 1 saturated carbocycles. The Bertz CT molecular complexity index is 626. The fraction of sp³-hybridized carbons (Fsp3) is 0.286. The van der Waals surface area contributed by atoms with Crippen molar-refractivity contribution in [2.45, 2.75) is 18.8 Å². The van der Waals surface area contributed by atoms with Crippen molar-refractivity contribution in [3.8, 4) is 11.4 Å². The minimum absolute atomic E-state index is 0.275. The van der Waals surface area contributed by atoms with E-state index in [2.05, 4.69) is 31.2 Å². The summed E-state index contributed by atoms with van der Waals surface area (Å²) in [5.41, 5.74) is 1.71. The van der Waals surface area contributed by atoms with Gasteiger partial charge in [-0.05, 0) is 40.9 Å². The van der Waals surface area contributed by atoms with Gasteiger partial charge < -0.3 is 5.32 Å². The number of hydrogen-bond donors (Lipinski definition) is 1. The maximum Gasteiger partial charge on any atom is 0.161 e. The van der Waals surface area contributed by atoms with Crippen LogP contribution >= 0.6 is 15.9 Å². The fourth-order valence-corrected chi connectivity index (χ4v) is 2.71. The summed E-state index contributed by atoms with van der Waals surface area (Å²) in [4.78, 5) is 9.03. The molecule has 0 saturated heterocycles. The molecule has 1 aromatic heterocycles. The van der Waals surface area contributed by atoms with E-state index in [1.807, 2.05) is 13.1 Å². The number of anilines is 1.